The average Bonchev–Trinajstić information content (AvgIpc) is 2.81. The SMILES string of the molecule is Cc1cc(-c2noc(N)c2-c2ccc(F)cc2Cl)ccn1. The Morgan fingerprint density at radius 2 is 2.05 bits per heavy atom. The van der Waals surface area contributed by atoms with Crippen LogP contribution in [0.2, 0.25) is 5.02 Å². The predicted molar refractivity (Wildman–Crippen MR) is 79.3 cm³/mol. The highest BCUT2D eigenvalue weighted by atomic mass is 35.5. The molecule has 0 saturated carbocycles. The molecule has 0 spiro atoms. The molecule has 0 aliphatic heterocycles. The quantitative estimate of drug-likeness (QED) is 0.774. The fourth-order valence-electron chi connectivity index (χ4n) is 2.15. The monoisotopic (exact) mass is 303 g/mol. The lowest BCUT2D eigenvalue weighted by molar-refractivity contribution is 0.439. The Balaban J connectivity index is 2.22. The summed E-state index contributed by atoms with van der Waals surface area (Å²) in [6.45, 7) is 1.87. The lowest BCUT2D eigenvalue weighted by Gasteiger charge is -2.05. The summed E-state index contributed by atoms with van der Waals surface area (Å²) >= 11 is 6.11. The number of nitrogens with zero attached hydrogens (tertiary/aromatic N) is 2. The predicted octanol–water partition coefficient (Wildman–Crippen LogP) is 4.09. The third-order valence-corrected chi connectivity index (χ3v) is 3.40. The maximum atomic E-state index is 13.2. The van der Waals surface area contributed by atoms with Gasteiger partial charge in [0, 0.05) is 23.0 Å². The van der Waals surface area contributed by atoms with Gasteiger partial charge in [-0.15, -0.1) is 0 Å². The van der Waals surface area contributed by atoms with Crippen molar-refractivity contribution in [3.8, 4) is 22.4 Å². The molecule has 2 N–H and O–H groups in total. The molecule has 0 bridgehead atoms. The van der Waals surface area contributed by atoms with Crippen molar-refractivity contribution in [2.24, 2.45) is 0 Å². The minimum atomic E-state index is -0.417. The minimum absolute atomic E-state index is 0.132. The molecule has 3 rings (SSSR count). The number of aromatic nitrogens is 2. The molecule has 21 heavy (non-hydrogen) atoms. The second-order valence-corrected chi connectivity index (χ2v) is 4.99. The first kappa shape index (κ1) is 13.6. The first-order valence-electron chi connectivity index (χ1n) is 6.20. The fraction of sp³-hybridized carbons (Fsp3) is 0.0667. The van der Waals surface area contributed by atoms with E-state index in [1.54, 1.807) is 18.3 Å². The zero-order valence-corrected chi connectivity index (χ0v) is 11.9. The van der Waals surface area contributed by atoms with Crippen LogP contribution in [0, 0.1) is 12.7 Å². The van der Waals surface area contributed by atoms with Crippen LogP contribution < -0.4 is 5.73 Å². The van der Waals surface area contributed by atoms with Crippen molar-refractivity contribution in [1.82, 2.24) is 10.1 Å². The third-order valence-electron chi connectivity index (χ3n) is 3.09. The van der Waals surface area contributed by atoms with E-state index < -0.39 is 5.82 Å². The number of rotatable bonds is 2. The minimum Gasteiger partial charge on any atom is -0.367 e. The van der Waals surface area contributed by atoms with Crippen LogP contribution in [-0.2, 0) is 0 Å². The summed E-state index contributed by atoms with van der Waals surface area (Å²) in [4.78, 5) is 4.14. The second kappa shape index (κ2) is 5.18. The number of hydrogen-bond donors (Lipinski definition) is 1. The zero-order valence-electron chi connectivity index (χ0n) is 11.1. The van der Waals surface area contributed by atoms with Crippen molar-refractivity contribution in [2.45, 2.75) is 6.92 Å². The topological polar surface area (TPSA) is 64.9 Å². The van der Waals surface area contributed by atoms with Crippen LogP contribution in [0.25, 0.3) is 22.4 Å². The number of benzene rings is 1. The Kier molecular flexibility index (Phi) is 3.35. The number of nitrogen functional groups attached to an aromatic ring is 1. The van der Waals surface area contributed by atoms with Gasteiger partial charge in [0.1, 0.15) is 11.5 Å². The molecule has 6 heteroatoms. The molecule has 0 aliphatic carbocycles. The van der Waals surface area contributed by atoms with E-state index in [0.717, 1.165) is 11.3 Å². The molecule has 106 valence electrons. The van der Waals surface area contributed by atoms with Crippen LogP contribution in [0.5, 0.6) is 0 Å². The number of hydrogen-bond acceptors (Lipinski definition) is 4. The van der Waals surface area contributed by atoms with E-state index in [4.69, 9.17) is 21.9 Å². The van der Waals surface area contributed by atoms with Crippen molar-refractivity contribution >= 4 is 17.5 Å². The molecule has 4 nitrogen and oxygen atoms in total. The highest BCUT2D eigenvalue weighted by Gasteiger charge is 2.20. The van der Waals surface area contributed by atoms with Gasteiger partial charge in [-0.1, -0.05) is 16.8 Å². The van der Waals surface area contributed by atoms with E-state index >= 15 is 0 Å². The van der Waals surface area contributed by atoms with E-state index in [0.29, 0.717) is 16.8 Å². The van der Waals surface area contributed by atoms with E-state index in [1.807, 2.05) is 13.0 Å². The number of halogens is 2. The molecular formula is C15H11ClFN3O. The first-order chi connectivity index (χ1) is 10.1. The van der Waals surface area contributed by atoms with Crippen molar-refractivity contribution in [3.05, 3.63) is 53.1 Å². The smallest absolute Gasteiger partial charge is 0.230 e. The summed E-state index contributed by atoms with van der Waals surface area (Å²) in [7, 11) is 0. The van der Waals surface area contributed by atoms with Crippen molar-refractivity contribution < 1.29 is 8.91 Å². The molecule has 0 fully saturated rings. The molecule has 0 aliphatic rings. The largest absolute Gasteiger partial charge is 0.367 e. The molecule has 0 radical (unpaired) electrons. The van der Waals surface area contributed by atoms with Gasteiger partial charge < -0.3 is 10.3 Å². The Morgan fingerprint density at radius 3 is 2.76 bits per heavy atom. The van der Waals surface area contributed by atoms with Gasteiger partial charge in [0.05, 0.1) is 10.6 Å². The van der Waals surface area contributed by atoms with Gasteiger partial charge in [-0.3, -0.25) is 4.98 Å². The van der Waals surface area contributed by atoms with E-state index in [2.05, 4.69) is 10.1 Å². The molecular weight excluding hydrogens is 293 g/mol. The van der Waals surface area contributed by atoms with Gasteiger partial charge in [0.25, 0.3) is 0 Å². The van der Waals surface area contributed by atoms with Crippen LogP contribution in [0.15, 0.2) is 41.1 Å². The van der Waals surface area contributed by atoms with Crippen molar-refractivity contribution in [2.75, 3.05) is 5.73 Å². The Morgan fingerprint density at radius 1 is 1.24 bits per heavy atom. The normalized spacial score (nSPS) is 10.8. The number of pyridine rings is 1. The summed E-state index contributed by atoms with van der Waals surface area (Å²) < 4.78 is 18.3. The van der Waals surface area contributed by atoms with Crippen molar-refractivity contribution in [1.29, 1.82) is 0 Å². The second-order valence-electron chi connectivity index (χ2n) is 4.58. The van der Waals surface area contributed by atoms with Gasteiger partial charge >= 0.3 is 0 Å². The van der Waals surface area contributed by atoms with E-state index in [-0.39, 0.29) is 10.9 Å². The van der Waals surface area contributed by atoms with Crippen LogP contribution in [0.3, 0.4) is 0 Å². The van der Waals surface area contributed by atoms with E-state index in [1.165, 1.54) is 12.1 Å². The Hall–Kier alpha value is -2.40. The van der Waals surface area contributed by atoms with E-state index in [9.17, 15) is 4.39 Å². The summed E-state index contributed by atoms with van der Waals surface area (Å²) in [5.41, 5.74) is 9.17. The maximum absolute atomic E-state index is 13.2. The van der Waals surface area contributed by atoms with Crippen LogP contribution in [0.4, 0.5) is 10.3 Å². The maximum Gasteiger partial charge on any atom is 0.230 e. The summed E-state index contributed by atoms with van der Waals surface area (Å²) in [6, 6.07) is 7.75. The lowest BCUT2D eigenvalue weighted by atomic mass is 10.0. The first-order valence-corrected chi connectivity index (χ1v) is 6.57. The number of nitrogens with two attached hydrogens (primary N) is 1. The highest BCUT2D eigenvalue weighted by molar-refractivity contribution is 6.33. The molecule has 2 heterocycles. The van der Waals surface area contributed by atoms with Crippen LogP contribution in [0.1, 0.15) is 5.69 Å². The fourth-order valence-corrected chi connectivity index (χ4v) is 2.41. The molecule has 3 aromatic rings. The molecule has 0 atom stereocenters. The van der Waals surface area contributed by atoms with Crippen LogP contribution in [-0.4, -0.2) is 10.1 Å². The zero-order chi connectivity index (χ0) is 15.0. The van der Waals surface area contributed by atoms with Gasteiger partial charge in [-0.2, -0.15) is 0 Å². The average molecular weight is 304 g/mol. The molecule has 0 amide bonds. The van der Waals surface area contributed by atoms with Gasteiger partial charge in [-0.25, -0.2) is 4.39 Å². The Bertz CT molecular complexity index is 816. The lowest BCUT2D eigenvalue weighted by Crippen LogP contribution is -1.90. The molecule has 2 aromatic heterocycles. The van der Waals surface area contributed by atoms with Crippen molar-refractivity contribution in [3.63, 3.8) is 0 Å². The number of aryl methyl sites for hydroxylation is 1. The molecule has 0 unspecified atom stereocenters. The summed E-state index contributed by atoms with van der Waals surface area (Å²) in [6.07, 6.45) is 1.67. The summed E-state index contributed by atoms with van der Waals surface area (Å²) in [5.74, 6) is -0.284. The van der Waals surface area contributed by atoms with Gasteiger partial charge in [0.2, 0.25) is 5.88 Å². The highest BCUT2D eigenvalue weighted by Crippen LogP contribution is 2.39. The Labute approximate surface area is 125 Å². The van der Waals surface area contributed by atoms with Gasteiger partial charge in [0.15, 0.2) is 0 Å². The summed E-state index contributed by atoms with van der Waals surface area (Å²) in [5, 5.41) is 4.23. The number of anilines is 1. The standard InChI is InChI=1S/C15H11ClFN3O/c1-8-6-9(4-5-19-8)14-13(15(18)21-20-14)11-3-2-10(17)7-12(11)16/h2-7H,18H2,1H3. The van der Waals surface area contributed by atoms with Gasteiger partial charge in [-0.05, 0) is 37.3 Å². The van der Waals surface area contributed by atoms with Crippen LogP contribution >= 0.6 is 11.6 Å². The third kappa shape index (κ3) is 2.48. The molecule has 1 aromatic carbocycles. The molecule has 0 saturated heterocycles.